The Hall–Kier alpha value is -1.47. The van der Waals surface area contributed by atoms with E-state index in [4.69, 9.17) is 4.74 Å². The quantitative estimate of drug-likeness (QED) is 0.789. The van der Waals surface area contributed by atoms with Crippen LogP contribution in [0.15, 0.2) is 10.9 Å². The number of rotatable bonds is 4. The zero-order valence-corrected chi connectivity index (χ0v) is 9.87. The first-order valence-electron chi connectivity index (χ1n) is 4.81. The van der Waals surface area contributed by atoms with Crippen molar-refractivity contribution in [3.8, 4) is 0 Å². The molecule has 0 saturated heterocycles. The third-order valence-corrected chi connectivity index (χ3v) is 2.82. The van der Waals surface area contributed by atoms with Crippen molar-refractivity contribution in [1.82, 2.24) is 14.6 Å². The van der Waals surface area contributed by atoms with Gasteiger partial charge >= 0.3 is 0 Å². The Labute approximate surface area is 95.9 Å². The second-order valence-electron chi connectivity index (χ2n) is 3.26. The summed E-state index contributed by atoms with van der Waals surface area (Å²) in [6.45, 7) is 3.04. The monoisotopic (exact) mass is 240 g/mol. The van der Waals surface area contributed by atoms with E-state index in [1.54, 1.807) is 14.0 Å². The molecule has 2 aromatic rings. The molecule has 0 radical (unpaired) electrons. The molecule has 2 aromatic heterocycles. The maximum Gasteiger partial charge on any atom is 0.275 e. The Balaban J connectivity index is 2.29. The van der Waals surface area contributed by atoms with Crippen molar-refractivity contribution >= 4 is 21.4 Å². The zero-order chi connectivity index (χ0) is 11.5. The van der Waals surface area contributed by atoms with Crippen LogP contribution >= 0.6 is 11.3 Å². The summed E-state index contributed by atoms with van der Waals surface area (Å²) in [4.78, 5) is 16.4. The summed E-state index contributed by atoms with van der Waals surface area (Å²) in [7, 11) is 1.63. The van der Waals surface area contributed by atoms with Crippen molar-refractivity contribution in [2.75, 3.05) is 25.6 Å². The number of aromatic nitrogens is 3. The van der Waals surface area contributed by atoms with E-state index in [0.717, 1.165) is 0 Å². The molecule has 0 aliphatic rings. The molecular formula is C9H12N4O2S. The fraction of sp³-hybridized carbons (Fsp3) is 0.444. The average molecular weight is 240 g/mol. The molecule has 0 saturated carbocycles. The molecule has 0 spiro atoms. The third-order valence-electron chi connectivity index (χ3n) is 1.96. The van der Waals surface area contributed by atoms with Crippen LogP contribution in [0.5, 0.6) is 0 Å². The Morgan fingerprint density at radius 3 is 3.19 bits per heavy atom. The fourth-order valence-electron chi connectivity index (χ4n) is 1.25. The number of nitrogens with one attached hydrogen (secondary N) is 1. The Kier molecular flexibility index (Phi) is 3.16. The number of aryl methyl sites for hydroxylation is 1. The molecule has 0 bridgehead atoms. The van der Waals surface area contributed by atoms with Crippen molar-refractivity contribution in [1.29, 1.82) is 0 Å². The van der Waals surface area contributed by atoms with E-state index in [-0.39, 0.29) is 5.56 Å². The summed E-state index contributed by atoms with van der Waals surface area (Å²) in [6, 6.07) is 1.46. The largest absolute Gasteiger partial charge is 0.383 e. The van der Waals surface area contributed by atoms with Crippen LogP contribution < -0.4 is 10.9 Å². The van der Waals surface area contributed by atoms with Crippen molar-refractivity contribution in [2.24, 2.45) is 0 Å². The molecule has 0 unspecified atom stereocenters. The van der Waals surface area contributed by atoms with Gasteiger partial charge in [0.1, 0.15) is 0 Å². The topological polar surface area (TPSA) is 68.5 Å². The van der Waals surface area contributed by atoms with Crippen LogP contribution in [-0.2, 0) is 4.74 Å². The smallest absolute Gasteiger partial charge is 0.275 e. The minimum Gasteiger partial charge on any atom is -0.383 e. The zero-order valence-electron chi connectivity index (χ0n) is 9.06. The highest BCUT2D eigenvalue weighted by Crippen LogP contribution is 2.15. The van der Waals surface area contributed by atoms with Gasteiger partial charge in [0, 0.05) is 25.4 Å². The number of hydrogen-bond donors (Lipinski definition) is 1. The maximum atomic E-state index is 11.6. The predicted molar refractivity (Wildman–Crippen MR) is 62.2 cm³/mol. The van der Waals surface area contributed by atoms with Gasteiger partial charge in [-0.2, -0.15) is 4.52 Å². The second kappa shape index (κ2) is 4.58. The van der Waals surface area contributed by atoms with Gasteiger partial charge in [-0.3, -0.25) is 4.79 Å². The van der Waals surface area contributed by atoms with Crippen LogP contribution in [0.2, 0.25) is 0 Å². The summed E-state index contributed by atoms with van der Waals surface area (Å²) >= 11 is 1.35. The highest BCUT2D eigenvalue weighted by molar-refractivity contribution is 7.20. The SMILES string of the molecule is COCCNc1nn2c(=O)cc(C)nc2s1. The maximum absolute atomic E-state index is 11.6. The van der Waals surface area contributed by atoms with Crippen molar-refractivity contribution in [2.45, 2.75) is 6.92 Å². The first-order chi connectivity index (χ1) is 7.70. The molecule has 2 rings (SSSR count). The number of fused-ring (bicyclic) bond motifs is 1. The average Bonchev–Trinajstić information content (AvgIpc) is 2.61. The van der Waals surface area contributed by atoms with Crippen molar-refractivity contribution in [3.63, 3.8) is 0 Å². The third kappa shape index (κ3) is 2.20. The van der Waals surface area contributed by atoms with Crippen LogP contribution in [0.25, 0.3) is 4.96 Å². The first-order valence-corrected chi connectivity index (χ1v) is 5.62. The Morgan fingerprint density at radius 1 is 1.62 bits per heavy atom. The predicted octanol–water partition coefficient (Wildman–Crippen LogP) is 0.518. The highest BCUT2D eigenvalue weighted by atomic mass is 32.1. The molecule has 1 N–H and O–H groups in total. The van der Waals surface area contributed by atoms with E-state index in [2.05, 4.69) is 15.4 Å². The van der Waals surface area contributed by atoms with Gasteiger partial charge < -0.3 is 10.1 Å². The fourth-order valence-corrected chi connectivity index (χ4v) is 2.13. The number of anilines is 1. The molecule has 0 aliphatic carbocycles. The van der Waals surface area contributed by atoms with Crippen LogP contribution in [0.1, 0.15) is 5.69 Å². The van der Waals surface area contributed by atoms with Gasteiger partial charge in [0.25, 0.3) is 5.56 Å². The van der Waals surface area contributed by atoms with Crippen LogP contribution in [0.4, 0.5) is 5.13 Å². The van der Waals surface area contributed by atoms with Gasteiger partial charge in [0.2, 0.25) is 10.1 Å². The molecule has 0 fully saturated rings. The van der Waals surface area contributed by atoms with Gasteiger partial charge in [-0.25, -0.2) is 4.98 Å². The van der Waals surface area contributed by atoms with E-state index >= 15 is 0 Å². The van der Waals surface area contributed by atoms with Gasteiger partial charge in [-0.15, -0.1) is 5.10 Å². The summed E-state index contributed by atoms with van der Waals surface area (Å²) in [5, 5.41) is 7.86. The lowest BCUT2D eigenvalue weighted by Crippen LogP contribution is -2.15. The normalized spacial score (nSPS) is 10.9. The minimum absolute atomic E-state index is 0.154. The molecule has 0 aliphatic heterocycles. The van der Waals surface area contributed by atoms with E-state index in [1.807, 2.05) is 0 Å². The number of methoxy groups -OCH3 is 1. The molecule has 0 aromatic carbocycles. The van der Waals surface area contributed by atoms with Gasteiger partial charge in [0.15, 0.2) is 0 Å². The molecular weight excluding hydrogens is 228 g/mol. The molecule has 0 atom stereocenters. The van der Waals surface area contributed by atoms with Crippen molar-refractivity contribution < 1.29 is 4.74 Å². The lowest BCUT2D eigenvalue weighted by Gasteiger charge is -1.98. The van der Waals surface area contributed by atoms with Crippen LogP contribution in [0.3, 0.4) is 0 Å². The highest BCUT2D eigenvalue weighted by Gasteiger charge is 2.06. The standard InChI is InChI=1S/C9H12N4O2S/c1-6-5-7(14)13-9(11-6)16-8(12-13)10-3-4-15-2/h5H,3-4H2,1-2H3,(H,10,12). The molecule has 86 valence electrons. The van der Waals surface area contributed by atoms with E-state index < -0.39 is 0 Å². The molecule has 6 nitrogen and oxygen atoms in total. The minimum atomic E-state index is -0.154. The Bertz CT molecular complexity index is 548. The molecule has 0 amide bonds. The number of nitrogens with zero attached hydrogens (tertiary/aromatic N) is 3. The second-order valence-corrected chi connectivity index (χ2v) is 4.21. The summed E-state index contributed by atoms with van der Waals surface area (Å²) in [6.07, 6.45) is 0. The number of ether oxygens (including phenoxy) is 1. The molecule has 16 heavy (non-hydrogen) atoms. The first kappa shape index (κ1) is 11.0. The van der Waals surface area contributed by atoms with E-state index in [0.29, 0.717) is 28.9 Å². The van der Waals surface area contributed by atoms with E-state index in [1.165, 1.54) is 21.9 Å². The Morgan fingerprint density at radius 2 is 2.44 bits per heavy atom. The molecule has 2 heterocycles. The van der Waals surface area contributed by atoms with Gasteiger partial charge in [-0.05, 0) is 6.92 Å². The summed E-state index contributed by atoms with van der Waals surface area (Å²) in [5.41, 5.74) is 0.552. The van der Waals surface area contributed by atoms with Gasteiger partial charge in [-0.1, -0.05) is 11.3 Å². The lowest BCUT2D eigenvalue weighted by atomic mass is 10.5. The van der Waals surface area contributed by atoms with Gasteiger partial charge in [0.05, 0.1) is 6.61 Å². The van der Waals surface area contributed by atoms with E-state index in [9.17, 15) is 4.79 Å². The molecule has 7 heteroatoms. The number of hydrogen-bond acceptors (Lipinski definition) is 6. The summed E-state index contributed by atoms with van der Waals surface area (Å²) in [5.74, 6) is 0. The lowest BCUT2D eigenvalue weighted by molar-refractivity contribution is 0.210. The van der Waals surface area contributed by atoms with Crippen LogP contribution in [-0.4, -0.2) is 34.9 Å². The van der Waals surface area contributed by atoms with Crippen molar-refractivity contribution in [3.05, 3.63) is 22.1 Å². The van der Waals surface area contributed by atoms with Crippen LogP contribution in [0, 0.1) is 6.92 Å². The summed E-state index contributed by atoms with van der Waals surface area (Å²) < 4.78 is 6.21.